The molecule has 0 saturated carbocycles. The standard InChI is InChI=1S/C13H16N2O5/c1-8-5-6-9(11(12(8)16)15(18)19)14-7-3-4-10(14)13(17)20-2/h5-6,10,16H,3-4,7H2,1-2H3/t10-/m0/s1. The fraction of sp³-hybridized carbons (Fsp3) is 0.462. The highest BCUT2D eigenvalue weighted by molar-refractivity contribution is 5.83. The van der Waals surface area contributed by atoms with Gasteiger partial charge in [-0.1, -0.05) is 6.07 Å². The van der Waals surface area contributed by atoms with E-state index >= 15 is 0 Å². The topological polar surface area (TPSA) is 92.9 Å². The molecule has 0 unspecified atom stereocenters. The summed E-state index contributed by atoms with van der Waals surface area (Å²) in [7, 11) is 1.29. The molecule has 108 valence electrons. The van der Waals surface area contributed by atoms with Crippen LogP contribution in [0.25, 0.3) is 0 Å². The van der Waals surface area contributed by atoms with Crippen molar-refractivity contribution in [2.75, 3.05) is 18.6 Å². The molecule has 2 rings (SSSR count). The number of nitro groups is 1. The SMILES string of the molecule is COC(=O)[C@@H]1CCCN1c1ccc(C)c(O)c1[N+](=O)[O-]. The zero-order chi connectivity index (χ0) is 14.9. The molecule has 0 spiro atoms. The third-order valence-electron chi connectivity index (χ3n) is 3.55. The third kappa shape index (κ3) is 2.26. The van der Waals surface area contributed by atoms with Gasteiger partial charge in [0.05, 0.1) is 12.0 Å². The number of hydrogen-bond donors (Lipinski definition) is 1. The summed E-state index contributed by atoms with van der Waals surface area (Å²) >= 11 is 0. The Morgan fingerprint density at radius 2 is 2.25 bits per heavy atom. The van der Waals surface area contributed by atoms with Crippen LogP contribution >= 0.6 is 0 Å². The van der Waals surface area contributed by atoms with Crippen molar-refractivity contribution in [2.45, 2.75) is 25.8 Å². The number of rotatable bonds is 3. The zero-order valence-electron chi connectivity index (χ0n) is 11.3. The Balaban J connectivity index is 2.49. The Bertz CT molecular complexity index is 558. The molecule has 1 aromatic rings. The minimum atomic E-state index is -0.621. The highest BCUT2D eigenvalue weighted by Gasteiger charge is 2.36. The maximum Gasteiger partial charge on any atom is 0.334 e. The molecular weight excluding hydrogens is 264 g/mol. The molecule has 0 amide bonds. The summed E-state index contributed by atoms with van der Waals surface area (Å²) in [5.41, 5.74) is 0.320. The lowest BCUT2D eigenvalue weighted by Gasteiger charge is -2.24. The van der Waals surface area contributed by atoms with E-state index in [0.29, 0.717) is 18.5 Å². The summed E-state index contributed by atoms with van der Waals surface area (Å²) in [6, 6.07) is 2.62. The van der Waals surface area contributed by atoms with Crippen LogP contribution in [0.4, 0.5) is 11.4 Å². The predicted octanol–water partition coefficient (Wildman–Crippen LogP) is 1.75. The molecule has 1 aliphatic heterocycles. The van der Waals surface area contributed by atoms with Crippen LogP contribution in [0.1, 0.15) is 18.4 Å². The second-order valence-electron chi connectivity index (χ2n) is 4.73. The molecule has 1 aliphatic rings. The van der Waals surface area contributed by atoms with E-state index in [9.17, 15) is 20.0 Å². The molecule has 1 saturated heterocycles. The van der Waals surface area contributed by atoms with Crippen molar-refractivity contribution < 1.29 is 19.6 Å². The van der Waals surface area contributed by atoms with E-state index in [0.717, 1.165) is 6.42 Å². The van der Waals surface area contributed by atoms with Gasteiger partial charge in [-0.15, -0.1) is 0 Å². The van der Waals surface area contributed by atoms with Gasteiger partial charge in [-0.2, -0.15) is 0 Å². The first-order chi connectivity index (χ1) is 9.47. The van der Waals surface area contributed by atoms with Crippen LogP contribution in [0.2, 0.25) is 0 Å². The number of aryl methyl sites for hydroxylation is 1. The van der Waals surface area contributed by atoms with E-state index in [-0.39, 0.29) is 17.1 Å². The number of phenols is 1. The molecule has 1 N–H and O–H groups in total. The van der Waals surface area contributed by atoms with Crippen LogP contribution in [0.15, 0.2) is 12.1 Å². The summed E-state index contributed by atoms with van der Waals surface area (Å²) in [6.45, 7) is 2.11. The van der Waals surface area contributed by atoms with Gasteiger partial charge in [-0.3, -0.25) is 10.1 Å². The average Bonchev–Trinajstić information content (AvgIpc) is 2.89. The normalized spacial score (nSPS) is 18.1. The third-order valence-corrected chi connectivity index (χ3v) is 3.55. The molecule has 20 heavy (non-hydrogen) atoms. The van der Waals surface area contributed by atoms with Crippen LogP contribution in [-0.2, 0) is 9.53 Å². The monoisotopic (exact) mass is 280 g/mol. The molecule has 0 aliphatic carbocycles. The van der Waals surface area contributed by atoms with Crippen LogP contribution in [0.5, 0.6) is 5.75 Å². The lowest BCUT2D eigenvalue weighted by molar-refractivity contribution is -0.385. The lowest BCUT2D eigenvalue weighted by Crippen LogP contribution is -2.37. The number of benzene rings is 1. The van der Waals surface area contributed by atoms with E-state index in [1.54, 1.807) is 24.0 Å². The Morgan fingerprint density at radius 1 is 1.55 bits per heavy atom. The molecule has 1 heterocycles. The number of anilines is 1. The summed E-state index contributed by atoms with van der Waals surface area (Å²) in [5.74, 6) is -0.778. The van der Waals surface area contributed by atoms with Crippen molar-refractivity contribution in [1.82, 2.24) is 0 Å². The van der Waals surface area contributed by atoms with Crippen LogP contribution < -0.4 is 4.90 Å². The molecule has 7 heteroatoms. The van der Waals surface area contributed by atoms with E-state index in [2.05, 4.69) is 0 Å². The number of ether oxygens (including phenoxy) is 1. The minimum absolute atomic E-state index is 0.256. The first-order valence-corrected chi connectivity index (χ1v) is 6.28. The molecule has 1 atom stereocenters. The first-order valence-electron chi connectivity index (χ1n) is 6.28. The number of aromatic hydroxyl groups is 1. The number of nitrogens with zero attached hydrogens (tertiary/aromatic N) is 2. The van der Waals surface area contributed by atoms with E-state index in [1.165, 1.54) is 7.11 Å². The number of methoxy groups -OCH3 is 1. The summed E-state index contributed by atoms with van der Waals surface area (Å²) in [6.07, 6.45) is 1.32. The molecular formula is C13H16N2O5. The summed E-state index contributed by atoms with van der Waals surface area (Å²) < 4.78 is 4.73. The van der Waals surface area contributed by atoms with Gasteiger partial charge in [0.1, 0.15) is 11.7 Å². The van der Waals surface area contributed by atoms with Crippen LogP contribution in [-0.4, -0.2) is 35.7 Å². The highest BCUT2D eigenvalue weighted by atomic mass is 16.6. The van der Waals surface area contributed by atoms with Gasteiger partial charge in [-0.25, -0.2) is 4.79 Å². The largest absolute Gasteiger partial charge is 0.502 e. The van der Waals surface area contributed by atoms with Crippen molar-refractivity contribution >= 4 is 17.3 Å². The number of carbonyl (C=O) groups excluding carboxylic acids is 1. The van der Waals surface area contributed by atoms with Gasteiger partial charge in [0.25, 0.3) is 0 Å². The fourth-order valence-corrected chi connectivity index (χ4v) is 2.52. The molecule has 1 fully saturated rings. The number of hydrogen-bond acceptors (Lipinski definition) is 6. The Morgan fingerprint density at radius 3 is 2.85 bits per heavy atom. The first kappa shape index (κ1) is 14.1. The second kappa shape index (κ2) is 5.36. The van der Waals surface area contributed by atoms with E-state index in [4.69, 9.17) is 4.74 Å². The van der Waals surface area contributed by atoms with Gasteiger partial charge >= 0.3 is 11.7 Å². The van der Waals surface area contributed by atoms with Gasteiger partial charge in [0, 0.05) is 6.54 Å². The zero-order valence-corrected chi connectivity index (χ0v) is 11.3. The van der Waals surface area contributed by atoms with E-state index < -0.39 is 16.9 Å². The van der Waals surface area contributed by atoms with Gasteiger partial charge in [-0.05, 0) is 31.4 Å². The van der Waals surface area contributed by atoms with Crippen molar-refractivity contribution in [2.24, 2.45) is 0 Å². The van der Waals surface area contributed by atoms with Crippen LogP contribution in [0, 0.1) is 17.0 Å². The molecule has 0 radical (unpaired) electrons. The Labute approximate surface area is 115 Å². The fourth-order valence-electron chi connectivity index (χ4n) is 2.52. The van der Waals surface area contributed by atoms with Crippen molar-refractivity contribution in [3.63, 3.8) is 0 Å². The van der Waals surface area contributed by atoms with Crippen molar-refractivity contribution in [3.8, 4) is 5.75 Å². The Kier molecular flexibility index (Phi) is 3.78. The average molecular weight is 280 g/mol. The highest BCUT2D eigenvalue weighted by Crippen LogP contribution is 2.41. The van der Waals surface area contributed by atoms with Gasteiger partial charge < -0.3 is 14.7 Å². The molecule has 7 nitrogen and oxygen atoms in total. The van der Waals surface area contributed by atoms with Gasteiger partial charge in [0.2, 0.25) is 0 Å². The van der Waals surface area contributed by atoms with Crippen molar-refractivity contribution in [3.05, 3.63) is 27.8 Å². The maximum absolute atomic E-state index is 11.7. The number of phenolic OH excluding ortho intramolecular Hbond substituents is 1. The van der Waals surface area contributed by atoms with Crippen molar-refractivity contribution in [1.29, 1.82) is 0 Å². The summed E-state index contributed by atoms with van der Waals surface area (Å²) in [4.78, 5) is 23.9. The van der Waals surface area contributed by atoms with Crippen LogP contribution in [0.3, 0.4) is 0 Å². The maximum atomic E-state index is 11.7. The Hall–Kier alpha value is -2.31. The molecule has 0 bridgehead atoms. The van der Waals surface area contributed by atoms with Gasteiger partial charge in [0.15, 0.2) is 5.75 Å². The molecule has 0 aromatic heterocycles. The summed E-state index contributed by atoms with van der Waals surface area (Å²) in [5, 5.41) is 21.1. The number of carbonyl (C=O) groups is 1. The number of esters is 1. The number of nitro benzene ring substituents is 1. The van der Waals surface area contributed by atoms with E-state index in [1.807, 2.05) is 0 Å². The second-order valence-corrected chi connectivity index (χ2v) is 4.73. The molecule has 1 aromatic carbocycles. The lowest BCUT2D eigenvalue weighted by atomic mass is 10.1. The minimum Gasteiger partial charge on any atom is -0.502 e. The smallest absolute Gasteiger partial charge is 0.334 e. The quantitative estimate of drug-likeness (QED) is 0.515. The predicted molar refractivity (Wildman–Crippen MR) is 71.9 cm³/mol.